The van der Waals surface area contributed by atoms with Gasteiger partial charge < -0.3 is 29.1 Å². The Morgan fingerprint density at radius 3 is 2.09 bits per heavy atom. The molecule has 0 saturated carbocycles. The lowest BCUT2D eigenvalue weighted by molar-refractivity contribution is 0.122. The van der Waals surface area contributed by atoms with Crippen molar-refractivity contribution >= 4 is 17.8 Å². The van der Waals surface area contributed by atoms with Crippen molar-refractivity contribution in [2.45, 2.75) is 25.8 Å². The number of morpholine rings is 1. The van der Waals surface area contributed by atoms with Crippen molar-refractivity contribution in [2.24, 2.45) is 10.2 Å². The molecule has 0 unspecified atom stereocenters. The van der Waals surface area contributed by atoms with E-state index in [0.29, 0.717) is 36.6 Å². The Morgan fingerprint density at radius 2 is 1.50 bits per heavy atom. The summed E-state index contributed by atoms with van der Waals surface area (Å²) < 4.78 is 15.9. The van der Waals surface area contributed by atoms with E-state index in [0.717, 1.165) is 44.6 Å². The average molecular weight is 444 g/mol. The predicted molar refractivity (Wildman–Crippen MR) is 118 cm³/mol. The fourth-order valence-corrected chi connectivity index (χ4v) is 3.75. The van der Waals surface area contributed by atoms with E-state index in [2.05, 4.69) is 30.0 Å². The van der Waals surface area contributed by atoms with Crippen LogP contribution in [0.5, 0.6) is 17.2 Å². The number of aromatic nitrogens is 3. The van der Waals surface area contributed by atoms with Crippen molar-refractivity contribution in [1.29, 1.82) is 0 Å². The van der Waals surface area contributed by atoms with E-state index in [4.69, 9.17) is 19.2 Å². The largest absolute Gasteiger partial charge is 0.502 e. The fraction of sp³-hybridized carbons (Fsp3) is 0.571. The maximum absolute atomic E-state index is 10.1. The van der Waals surface area contributed by atoms with Gasteiger partial charge >= 0.3 is 0 Å². The Balaban J connectivity index is 1.57. The van der Waals surface area contributed by atoms with Crippen LogP contribution >= 0.6 is 0 Å². The second kappa shape index (κ2) is 10.4. The maximum atomic E-state index is 10.1. The molecule has 2 fully saturated rings. The second-order valence-corrected chi connectivity index (χ2v) is 7.63. The predicted octanol–water partition coefficient (Wildman–Crippen LogP) is 2.71. The highest BCUT2D eigenvalue weighted by Crippen LogP contribution is 2.37. The van der Waals surface area contributed by atoms with Crippen LogP contribution in [0.15, 0.2) is 22.4 Å². The normalized spacial score (nSPS) is 17.1. The van der Waals surface area contributed by atoms with Crippen molar-refractivity contribution in [1.82, 2.24) is 15.0 Å². The van der Waals surface area contributed by atoms with Crippen LogP contribution in [0.25, 0.3) is 0 Å². The lowest BCUT2D eigenvalue weighted by atomic mass is 10.1. The van der Waals surface area contributed by atoms with Gasteiger partial charge in [-0.2, -0.15) is 20.1 Å². The minimum Gasteiger partial charge on any atom is -0.502 e. The van der Waals surface area contributed by atoms with E-state index in [1.807, 2.05) is 0 Å². The summed E-state index contributed by atoms with van der Waals surface area (Å²) in [5.74, 6) is 2.11. The fourth-order valence-electron chi connectivity index (χ4n) is 3.75. The zero-order valence-electron chi connectivity index (χ0n) is 18.5. The first-order chi connectivity index (χ1) is 15.7. The van der Waals surface area contributed by atoms with Crippen LogP contribution in [0, 0.1) is 0 Å². The van der Waals surface area contributed by atoms with Crippen molar-refractivity contribution < 1.29 is 19.3 Å². The number of nitrogens with zero attached hydrogens (tertiary/aromatic N) is 7. The molecule has 0 bridgehead atoms. The summed E-state index contributed by atoms with van der Waals surface area (Å²) in [4.78, 5) is 18.1. The molecule has 1 aromatic carbocycles. The molecule has 0 aliphatic carbocycles. The number of phenolic OH excluding ortho intramolecular Hbond substituents is 1. The van der Waals surface area contributed by atoms with Gasteiger partial charge in [0, 0.05) is 26.2 Å². The highest BCUT2D eigenvalue weighted by Gasteiger charge is 2.20. The van der Waals surface area contributed by atoms with E-state index in [-0.39, 0.29) is 18.2 Å². The van der Waals surface area contributed by atoms with Crippen molar-refractivity contribution in [3.05, 3.63) is 17.7 Å². The summed E-state index contributed by atoms with van der Waals surface area (Å²) in [6.45, 7) is 4.86. The standard InChI is InChI=1S/C21H29N7O4/c1-30-16-12-15(13-17(31-2)18(16)29)14-22-26-19-23-20(27-6-4-3-5-7-27)25-21(24-19)28-8-10-32-11-9-28/h12-13,29H,3-11,14H2,1-2H3. The van der Waals surface area contributed by atoms with Crippen LogP contribution in [0.4, 0.5) is 17.8 Å². The zero-order chi connectivity index (χ0) is 22.3. The van der Waals surface area contributed by atoms with E-state index in [9.17, 15) is 5.11 Å². The molecule has 0 spiro atoms. The van der Waals surface area contributed by atoms with Crippen molar-refractivity contribution in [3.8, 4) is 17.2 Å². The lowest BCUT2D eigenvalue weighted by Crippen LogP contribution is -2.38. The molecule has 2 aliphatic heterocycles. The molecule has 2 aliphatic rings. The molecule has 1 aromatic heterocycles. The number of benzene rings is 1. The molecule has 0 atom stereocenters. The number of ether oxygens (including phenoxy) is 3. The summed E-state index contributed by atoms with van der Waals surface area (Å²) in [7, 11) is 2.97. The van der Waals surface area contributed by atoms with Crippen molar-refractivity contribution in [2.75, 3.05) is 63.4 Å². The van der Waals surface area contributed by atoms with Gasteiger partial charge in [0.1, 0.15) is 0 Å². The molecule has 2 saturated heterocycles. The van der Waals surface area contributed by atoms with Gasteiger partial charge in [-0.05, 0) is 37.0 Å². The molecular weight excluding hydrogens is 414 g/mol. The van der Waals surface area contributed by atoms with Crippen LogP contribution in [-0.2, 0) is 11.3 Å². The van der Waals surface area contributed by atoms with Crippen LogP contribution in [0.3, 0.4) is 0 Å². The number of methoxy groups -OCH3 is 2. The van der Waals surface area contributed by atoms with Crippen LogP contribution < -0.4 is 19.3 Å². The lowest BCUT2D eigenvalue weighted by Gasteiger charge is -2.29. The van der Waals surface area contributed by atoms with Gasteiger partial charge in [0.05, 0.1) is 34.0 Å². The number of phenols is 1. The highest BCUT2D eigenvalue weighted by molar-refractivity contribution is 5.52. The van der Waals surface area contributed by atoms with Gasteiger partial charge in [0.2, 0.25) is 17.6 Å². The Morgan fingerprint density at radius 1 is 0.906 bits per heavy atom. The molecule has 172 valence electrons. The first-order valence-electron chi connectivity index (χ1n) is 10.8. The molecule has 0 amide bonds. The number of hydrogen-bond acceptors (Lipinski definition) is 11. The summed E-state index contributed by atoms with van der Waals surface area (Å²) in [6.07, 6.45) is 3.48. The number of anilines is 2. The van der Waals surface area contributed by atoms with E-state index < -0.39 is 0 Å². The Labute approximate surface area is 187 Å². The third-order valence-corrected chi connectivity index (χ3v) is 5.49. The van der Waals surface area contributed by atoms with Crippen LogP contribution in [0.1, 0.15) is 24.8 Å². The average Bonchev–Trinajstić information content (AvgIpc) is 2.85. The Kier molecular flexibility index (Phi) is 7.15. The number of rotatable bonds is 7. The van der Waals surface area contributed by atoms with E-state index in [1.165, 1.54) is 20.6 Å². The van der Waals surface area contributed by atoms with Gasteiger partial charge in [-0.1, -0.05) is 0 Å². The minimum atomic E-state index is -0.0468. The van der Waals surface area contributed by atoms with Gasteiger partial charge in [0.15, 0.2) is 11.5 Å². The van der Waals surface area contributed by atoms with Gasteiger partial charge in [-0.15, -0.1) is 5.11 Å². The Hall–Kier alpha value is -3.21. The SMILES string of the molecule is COc1cc(CN=Nc2nc(N3CCCCC3)nc(N3CCOCC3)n2)cc(OC)c1O. The molecule has 1 N–H and O–H groups in total. The topological polar surface area (TPSA) is 118 Å². The highest BCUT2D eigenvalue weighted by atomic mass is 16.5. The number of aromatic hydroxyl groups is 1. The van der Waals surface area contributed by atoms with Gasteiger partial charge in [-0.3, -0.25) is 0 Å². The Bertz CT molecular complexity index is 882. The minimum absolute atomic E-state index is 0.0468. The molecule has 0 radical (unpaired) electrons. The summed E-state index contributed by atoms with van der Waals surface area (Å²) in [5, 5.41) is 18.6. The van der Waals surface area contributed by atoms with Gasteiger partial charge in [-0.25, -0.2) is 0 Å². The van der Waals surface area contributed by atoms with E-state index >= 15 is 0 Å². The number of piperidine rings is 1. The monoisotopic (exact) mass is 443 g/mol. The quantitative estimate of drug-likeness (QED) is 0.644. The first-order valence-corrected chi connectivity index (χ1v) is 10.8. The third kappa shape index (κ3) is 5.16. The molecule has 4 rings (SSSR count). The summed E-state index contributed by atoms with van der Waals surface area (Å²) in [5.41, 5.74) is 0.777. The molecule has 32 heavy (non-hydrogen) atoms. The molecule has 11 heteroatoms. The smallest absolute Gasteiger partial charge is 0.275 e. The van der Waals surface area contributed by atoms with Crippen LogP contribution in [0.2, 0.25) is 0 Å². The van der Waals surface area contributed by atoms with Gasteiger partial charge in [0.25, 0.3) is 5.95 Å². The molecular formula is C21H29N7O4. The number of hydrogen-bond donors (Lipinski definition) is 1. The summed E-state index contributed by atoms with van der Waals surface area (Å²) >= 11 is 0. The molecule has 2 aromatic rings. The maximum Gasteiger partial charge on any atom is 0.275 e. The zero-order valence-corrected chi connectivity index (χ0v) is 18.5. The third-order valence-electron chi connectivity index (χ3n) is 5.49. The van der Waals surface area contributed by atoms with Crippen LogP contribution in [-0.4, -0.2) is 73.7 Å². The van der Waals surface area contributed by atoms with E-state index in [1.54, 1.807) is 12.1 Å². The molecule has 11 nitrogen and oxygen atoms in total. The number of azo groups is 1. The second-order valence-electron chi connectivity index (χ2n) is 7.63. The summed E-state index contributed by atoms with van der Waals surface area (Å²) in [6, 6.07) is 3.39. The first kappa shape index (κ1) is 22.0. The van der Waals surface area contributed by atoms with Crippen molar-refractivity contribution in [3.63, 3.8) is 0 Å². The molecule has 3 heterocycles.